The number of fused-ring (bicyclic) bond motifs is 1. The van der Waals surface area contributed by atoms with Gasteiger partial charge in [0.1, 0.15) is 0 Å². The van der Waals surface area contributed by atoms with Crippen LogP contribution >= 0.6 is 11.6 Å². The molecule has 9 nitrogen and oxygen atoms in total. The number of nitrogens with zero attached hydrogens (tertiary/aromatic N) is 4. The molecule has 206 valence electrons. The van der Waals surface area contributed by atoms with Gasteiger partial charge in [-0.3, -0.25) is 4.68 Å². The van der Waals surface area contributed by atoms with Crippen molar-refractivity contribution in [3.63, 3.8) is 0 Å². The highest BCUT2D eigenvalue weighted by atomic mass is 35.5. The third-order valence-electron chi connectivity index (χ3n) is 5.64. The van der Waals surface area contributed by atoms with Crippen LogP contribution in [0.15, 0.2) is 65.8 Å². The fraction of sp³-hybridized carbons (Fsp3) is 0.240. The fourth-order valence-electron chi connectivity index (χ4n) is 3.83. The number of aromatic carboxylic acids is 1. The summed E-state index contributed by atoms with van der Waals surface area (Å²) in [6, 6.07) is 9.87. The van der Waals surface area contributed by atoms with E-state index in [1.165, 1.54) is 6.20 Å². The van der Waals surface area contributed by atoms with Crippen LogP contribution in [-0.2, 0) is 29.3 Å². The molecule has 14 heteroatoms. The second-order valence-corrected chi connectivity index (χ2v) is 11.6. The molecule has 0 unspecified atom stereocenters. The maximum absolute atomic E-state index is 13.7. The van der Waals surface area contributed by atoms with Crippen molar-refractivity contribution in [1.82, 2.24) is 14.8 Å². The topological polar surface area (TPSA) is 126 Å². The minimum absolute atomic E-state index is 0.153. The number of carbonyl (C=O) groups is 1. The molecule has 39 heavy (non-hydrogen) atoms. The third kappa shape index (κ3) is 6.15. The Morgan fingerprint density at radius 2 is 1.74 bits per heavy atom. The van der Waals surface area contributed by atoms with Crippen LogP contribution in [0.2, 0.25) is 5.02 Å². The van der Waals surface area contributed by atoms with E-state index in [0.717, 1.165) is 28.6 Å². The van der Waals surface area contributed by atoms with Crippen LogP contribution in [0.4, 0.5) is 19.0 Å². The van der Waals surface area contributed by atoms with E-state index in [4.69, 9.17) is 16.7 Å². The first-order valence-electron chi connectivity index (χ1n) is 11.3. The number of pyridine rings is 1. The molecule has 0 aliphatic rings. The maximum atomic E-state index is 13.7. The summed E-state index contributed by atoms with van der Waals surface area (Å²) in [5.41, 5.74) is -1.23. The predicted octanol–water partition coefficient (Wildman–Crippen LogP) is 4.97. The number of hydrogen-bond acceptors (Lipinski definition) is 6. The van der Waals surface area contributed by atoms with Gasteiger partial charge in [-0.15, -0.1) is 0 Å². The zero-order valence-corrected chi connectivity index (χ0v) is 22.1. The molecule has 0 fully saturated rings. The minimum atomic E-state index is -4.75. The number of benzene rings is 2. The van der Waals surface area contributed by atoms with Crippen molar-refractivity contribution in [2.75, 3.05) is 4.31 Å². The van der Waals surface area contributed by atoms with Gasteiger partial charge < -0.3 is 10.2 Å². The largest absolute Gasteiger partial charge is 0.478 e. The van der Waals surface area contributed by atoms with Gasteiger partial charge in [0, 0.05) is 11.6 Å². The average molecular weight is 583 g/mol. The summed E-state index contributed by atoms with van der Waals surface area (Å²) >= 11 is 6.13. The van der Waals surface area contributed by atoms with Gasteiger partial charge in [0.15, 0.2) is 5.82 Å². The number of rotatable bonds is 8. The Kier molecular flexibility index (Phi) is 7.36. The molecule has 0 spiro atoms. The van der Waals surface area contributed by atoms with E-state index in [1.807, 2.05) is 0 Å². The number of aromatic nitrogens is 3. The summed E-state index contributed by atoms with van der Waals surface area (Å²) in [4.78, 5) is 14.6. The zero-order chi connectivity index (χ0) is 28.8. The summed E-state index contributed by atoms with van der Waals surface area (Å²) in [6.45, 7) is 3.09. The highest BCUT2D eigenvalue weighted by Gasteiger charge is 2.34. The predicted molar refractivity (Wildman–Crippen MR) is 137 cm³/mol. The highest BCUT2D eigenvalue weighted by Crippen LogP contribution is 2.36. The van der Waals surface area contributed by atoms with E-state index in [9.17, 15) is 31.5 Å². The van der Waals surface area contributed by atoms with E-state index >= 15 is 0 Å². The second kappa shape index (κ2) is 10.1. The van der Waals surface area contributed by atoms with Crippen molar-refractivity contribution in [1.29, 1.82) is 0 Å². The molecule has 0 saturated carbocycles. The van der Waals surface area contributed by atoms with Crippen molar-refractivity contribution in [3.8, 4) is 0 Å². The van der Waals surface area contributed by atoms with Gasteiger partial charge in [0.25, 0.3) is 10.0 Å². The number of hydrogen-bond donors (Lipinski definition) is 2. The Bertz CT molecular complexity index is 1650. The van der Waals surface area contributed by atoms with E-state index < -0.39 is 44.2 Å². The molecule has 0 aliphatic carbocycles. The van der Waals surface area contributed by atoms with Gasteiger partial charge in [0.2, 0.25) is 0 Å². The molecule has 4 aromatic rings. The number of sulfonamides is 1. The molecule has 2 aromatic carbocycles. The van der Waals surface area contributed by atoms with Gasteiger partial charge in [-0.1, -0.05) is 17.7 Å². The average Bonchev–Trinajstić information content (AvgIpc) is 3.22. The van der Waals surface area contributed by atoms with Gasteiger partial charge in [0.05, 0.1) is 51.4 Å². The van der Waals surface area contributed by atoms with Crippen molar-refractivity contribution in [2.24, 2.45) is 0 Å². The van der Waals surface area contributed by atoms with Crippen LogP contribution in [0, 0.1) is 0 Å². The second-order valence-electron chi connectivity index (χ2n) is 9.38. The number of halogens is 4. The molecule has 2 heterocycles. The smallest absolute Gasteiger partial charge is 0.417 e. The quantitative estimate of drug-likeness (QED) is 0.300. The third-order valence-corrected chi connectivity index (χ3v) is 7.67. The van der Waals surface area contributed by atoms with Gasteiger partial charge in [-0.25, -0.2) is 22.5 Å². The summed E-state index contributed by atoms with van der Waals surface area (Å²) < 4.78 is 69.3. The Balaban J connectivity index is 1.79. The molecule has 2 N–H and O–H groups in total. The highest BCUT2D eigenvalue weighted by molar-refractivity contribution is 7.92. The van der Waals surface area contributed by atoms with Crippen molar-refractivity contribution in [3.05, 3.63) is 82.6 Å². The standard InChI is InChI=1S/C25H22ClF3N4O5S/c1-24(2,36)14-32-21-8-3-15(9-17(21)11-31-32)13-33(22-20(26)10-18(12-30-22)25(27,28)29)39(37,38)19-6-4-16(5-7-19)23(34)35/h3-12,36H,13-14H2,1-2H3,(H,34,35). The Labute approximate surface area is 226 Å². The molecule has 0 atom stereocenters. The minimum Gasteiger partial charge on any atom is -0.478 e. The fourth-order valence-corrected chi connectivity index (χ4v) is 5.58. The van der Waals surface area contributed by atoms with Crippen LogP contribution in [0.5, 0.6) is 0 Å². The number of carboxylic acid groups (broad SMARTS) is 1. The number of alkyl halides is 3. The van der Waals surface area contributed by atoms with E-state index in [0.29, 0.717) is 28.7 Å². The molecular formula is C25H22ClF3N4O5S. The molecule has 0 aliphatic heterocycles. The van der Waals surface area contributed by atoms with Gasteiger partial charge in [-0.2, -0.15) is 18.3 Å². The van der Waals surface area contributed by atoms with E-state index in [1.54, 1.807) is 36.7 Å². The van der Waals surface area contributed by atoms with Gasteiger partial charge >= 0.3 is 12.1 Å². The first-order valence-corrected chi connectivity index (χ1v) is 13.1. The van der Waals surface area contributed by atoms with E-state index in [-0.39, 0.29) is 23.5 Å². The molecule has 2 aromatic heterocycles. The number of aliphatic hydroxyl groups is 1. The van der Waals surface area contributed by atoms with Crippen LogP contribution < -0.4 is 4.31 Å². The summed E-state index contributed by atoms with van der Waals surface area (Å²) in [5.74, 6) is -1.70. The van der Waals surface area contributed by atoms with Crippen molar-refractivity contribution < 1.29 is 36.6 Å². The SMILES string of the molecule is CC(C)(O)Cn1ncc2cc(CN(c3ncc(C(F)(F)F)cc3Cl)S(=O)(=O)c3ccc(C(=O)O)cc3)ccc21. The molecular weight excluding hydrogens is 561 g/mol. The lowest BCUT2D eigenvalue weighted by Crippen LogP contribution is -2.32. The lowest BCUT2D eigenvalue weighted by molar-refractivity contribution is -0.137. The first kappa shape index (κ1) is 28.3. The van der Waals surface area contributed by atoms with Gasteiger partial charge in [-0.05, 0) is 61.9 Å². The number of carboxylic acids is 1. The Hall–Kier alpha value is -3.68. The molecule has 0 radical (unpaired) electrons. The molecule has 0 bridgehead atoms. The monoisotopic (exact) mass is 582 g/mol. The summed E-state index contributed by atoms with van der Waals surface area (Å²) in [5, 5.41) is 23.6. The summed E-state index contributed by atoms with van der Waals surface area (Å²) in [7, 11) is -4.48. The Morgan fingerprint density at radius 3 is 2.31 bits per heavy atom. The molecule has 4 rings (SSSR count). The summed E-state index contributed by atoms with van der Waals surface area (Å²) in [6.07, 6.45) is -2.72. The lowest BCUT2D eigenvalue weighted by Gasteiger charge is -2.25. The number of anilines is 1. The molecule has 0 amide bonds. The van der Waals surface area contributed by atoms with E-state index in [2.05, 4.69) is 10.1 Å². The van der Waals surface area contributed by atoms with Crippen LogP contribution in [0.1, 0.15) is 35.3 Å². The maximum Gasteiger partial charge on any atom is 0.417 e. The van der Waals surface area contributed by atoms with Crippen LogP contribution in [-0.4, -0.2) is 45.0 Å². The van der Waals surface area contributed by atoms with Crippen molar-refractivity contribution >= 4 is 44.3 Å². The van der Waals surface area contributed by atoms with Crippen LogP contribution in [0.25, 0.3) is 10.9 Å². The zero-order valence-electron chi connectivity index (χ0n) is 20.5. The Morgan fingerprint density at radius 1 is 1.08 bits per heavy atom. The molecule has 0 saturated heterocycles. The lowest BCUT2D eigenvalue weighted by atomic mass is 10.1. The normalized spacial score (nSPS) is 12.6. The van der Waals surface area contributed by atoms with Crippen LogP contribution in [0.3, 0.4) is 0 Å². The first-order chi connectivity index (χ1) is 18.1. The van der Waals surface area contributed by atoms with Crippen molar-refractivity contribution in [2.45, 2.75) is 43.6 Å².